The molecule has 2 N–H and O–H groups in total. The highest BCUT2D eigenvalue weighted by Crippen LogP contribution is 2.25. The summed E-state index contributed by atoms with van der Waals surface area (Å²) in [5.74, 6) is -0.0916. The monoisotopic (exact) mass is 287 g/mol. The van der Waals surface area contributed by atoms with Gasteiger partial charge in [0.05, 0.1) is 5.92 Å². The summed E-state index contributed by atoms with van der Waals surface area (Å²) >= 11 is 5.81. The van der Waals surface area contributed by atoms with Gasteiger partial charge in [0.1, 0.15) is 5.15 Å². The predicted octanol–water partition coefficient (Wildman–Crippen LogP) is 2.96. The number of hydrogen-bond donors (Lipinski definition) is 2. The quantitative estimate of drug-likeness (QED) is 0.835. The van der Waals surface area contributed by atoms with Gasteiger partial charge in [0, 0.05) is 24.1 Å². The zero-order valence-electron chi connectivity index (χ0n) is 10.8. The fourth-order valence-corrected chi connectivity index (χ4v) is 2.53. The van der Waals surface area contributed by atoms with E-state index < -0.39 is 0 Å². The number of nitrogens with one attached hydrogen (secondary N) is 2. The summed E-state index contributed by atoms with van der Waals surface area (Å²) in [6.07, 6.45) is 2.32. The van der Waals surface area contributed by atoms with E-state index in [0.29, 0.717) is 17.4 Å². The fraction of sp³-hybridized carbons (Fsp3) is 0.200. The molecule has 3 rings (SSSR count). The summed E-state index contributed by atoms with van der Waals surface area (Å²) in [6.45, 7) is 0.641. The number of aromatic nitrogens is 1. The summed E-state index contributed by atoms with van der Waals surface area (Å²) in [4.78, 5) is 16.2. The lowest BCUT2D eigenvalue weighted by molar-refractivity contribution is -0.119. The summed E-state index contributed by atoms with van der Waals surface area (Å²) in [5.41, 5.74) is 2.96. The fourth-order valence-electron chi connectivity index (χ4n) is 2.35. The molecule has 1 aliphatic heterocycles. The van der Waals surface area contributed by atoms with E-state index in [-0.39, 0.29) is 11.8 Å². The molecule has 1 atom stereocenters. The molecule has 1 unspecified atom stereocenters. The standard InChI is InChI=1S/C15H14ClN3O/c16-14-8-12(5-6-17-14)19-15(20)11-7-10-3-1-2-4-13(10)18-9-11/h1-6,8,11,18H,7,9H2,(H,17,19,20). The number of pyridine rings is 1. The maximum atomic E-state index is 12.3. The van der Waals surface area contributed by atoms with Crippen molar-refractivity contribution in [2.75, 3.05) is 17.2 Å². The van der Waals surface area contributed by atoms with E-state index in [2.05, 4.69) is 15.6 Å². The van der Waals surface area contributed by atoms with Crippen LogP contribution in [0.5, 0.6) is 0 Å². The molecule has 0 radical (unpaired) electrons. The molecule has 1 aromatic carbocycles. The first-order valence-corrected chi connectivity index (χ1v) is 6.84. The molecule has 1 aromatic heterocycles. The number of nitrogens with zero attached hydrogens (tertiary/aromatic N) is 1. The topological polar surface area (TPSA) is 54.0 Å². The number of rotatable bonds is 2. The van der Waals surface area contributed by atoms with Crippen LogP contribution in [0.15, 0.2) is 42.6 Å². The van der Waals surface area contributed by atoms with Crippen molar-refractivity contribution in [2.24, 2.45) is 5.92 Å². The average molecular weight is 288 g/mol. The van der Waals surface area contributed by atoms with Crippen LogP contribution in [0.2, 0.25) is 5.15 Å². The minimum atomic E-state index is -0.0863. The highest BCUT2D eigenvalue weighted by molar-refractivity contribution is 6.29. The molecule has 0 fully saturated rings. The molecule has 1 amide bonds. The van der Waals surface area contributed by atoms with Crippen LogP contribution < -0.4 is 10.6 Å². The van der Waals surface area contributed by atoms with Gasteiger partial charge in [-0.3, -0.25) is 4.79 Å². The third-order valence-corrected chi connectivity index (χ3v) is 3.59. The second-order valence-electron chi connectivity index (χ2n) is 4.80. The van der Waals surface area contributed by atoms with E-state index in [1.54, 1.807) is 18.3 Å². The largest absolute Gasteiger partial charge is 0.384 e. The minimum absolute atomic E-state index is 0.00531. The third kappa shape index (κ3) is 2.75. The Morgan fingerprint density at radius 3 is 3.05 bits per heavy atom. The predicted molar refractivity (Wildman–Crippen MR) is 80.0 cm³/mol. The summed E-state index contributed by atoms with van der Waals surface area (Å²) in [7, 11) is 0. The average Bonchev–Trinajstić information content (AvgIpc) is 2.47. The molecular weight excluding hydrogens is 274 g/mol. The molecule has 4 nitrogen and oxygen atoms in total. The molecule has 0 aliphatic carbocycles. The zero-order valence-corrected chi connectivity index (χ0v) is 11.5. The van der Waals surface area contributed by atoms with Gasteiger partial charge in [-0.1, -0.05) is 29.8 Å². The number of halogens is 1. The molecule has 0 spiro atoms. The molecule has 102 valence electrons. The number of fused-ring (bicyclic) bond motifs is 1. The highest BCUT2D eigenvalue weighted by atomic mass is 35.5. The number of para-hydroxylation sites is 1. The number of carbonyl (C=O) groups excluding carboxylic acids is 1. The van der Waals surface area contributed by atoms with Crippen molar-refractivity contribution in [1.82, 2.24) is 4.98 Å². The van der Waals surface area contributed by atoms with Gasteiger partial charge in [0.2, 0.25) is 5.91 Å². The zero-order chi connectivity index (χ0) is 13.9. The van der Waals surface area contributed by atoms with Gasteiger partial charge < -0.3 is 10.6 Å². The van der Waals surface area contributed by atoms with Crippen LogP contribution in [0.4, 0.5) is 11.4 Å². The Labute approximate surface area is 122 Å². The number of amides is 1. The first kappa shape index (κ1) is 12.9. The summed E-state index contributed by atoms with van der Waals surface area (Å²) < 4.78 is 0. The number of carbonyl (C=O) groups is 1. The van der Waals surface area contributed by atoms with Crippen LogP contribution >= 0.6 is 11.6 Å². The van der Waals surface area contributed by atoms with Gasteiger partial charge in [-0.2, -0.15) is 0 Å². The van der Waals surface area contributed by atoms with Crippen LogP contribution in [0, 0.1) is 5.92 Å². The second-order valence-corrected chi connectivity index (χ2v) is 5.18. The van der Waals surface area contributed by atoms with E-state index in [0.717, 1.165) is 12.1 Å². The SMILES string of the molecule is O=C(Nc1ccnc(Cl)c1)C1CNc2ccccc2C1. The first-order chi connectivity index (χ1) is 9.72. The minimum Gasteiger partial charge on any atom is -0.384 e. The Bertz CT molecular complexity index is 645. The van der Waals surface area contributed by atoms with Crippen LogP contribution in [-0.2, 0) is 11.2 Å². The van der Waals surface area contributed by atoms with Crippen molar-refractivity contribution in [3.8, 4) is 0 Å². The smallest absolute Gasteiger partial charge is 0.229 e. The molecule has 1 aliphatic rings. The number of anilines is 2. The van der Waals surface area contributed by atoms with Crippen molar-refractivity contribution in [1.29, 1.82) is 0 Å². The molecule has 0 saturated heterocycles. The van der Waals surface area contributed by atoms with Gasteiger partial charge in [-0.15, -0.1) is 0 Å². The van der Waals surface area contributed by atoms with Crippen LogP contribution in [0.3, 0.4) is 0 Å². The van der Waals surface area contributed by atoms with Crippen molar-refractivity contribution in [2.45, 2.75) is 6.42 Å². The van der Waals surface area contributed by atoms with Crippen LogP contribution in [0.25, 0.3) is 0 Å². The molecule has 0 saturated carbocycles. The lowest BCUT2D eigenvalue weighted by Crippen LogP contribution is -2.33. The van der Waals surface area contributed by atoms with Crippen molar-refractivity contribution >= 4 is 28.9 Å². The van der Waals surface area contributed by atoms with Crippen molar-refractivity contribution < 1.29 is 4.79 Å². The molecule has 2 aromatic rings. The van der Waals surface area contributed by atoms with Gasteiger partial charge in [0.15, 0.2) is 0 Å². The van der Waals surface area contributed by atoms with E-state index >= 15 is 0 Å². The van der Waals surface area contributed by atoms with Gasteiger partial charge >= 0.3 is 0 Å². The Kier molecular flexibility index (Phi) is 3.56. The molecule has 0 bridgehead atoms. The Morgan fingerprint density at radius 1 is 1.35 bits per heavy atom. The van der Waals surface area contributed by atoms with Gasteiger partial charge in [-0.25, -0.2) is 4.98 Å². The van der Waals surface area contributed by atoms with Crippen LogP contribution in [0.1, 0.15) is 5.56 Å². The van der Waals surface area contributed by atoms with E-state index in [1.165, 1.54) is 5.56 Å². The Balaban J connectivity index is 1.70. The van der Waals surface area contributed by atoms with Crippen LogP contribution in [-0.4, -0.2) is 17.4 Å². The molecule has 20 heavy (non-hydrogen) atoms. The summed E-state index contributed by atoms with van der Waals surface area (Å²) in [6, 6.07) is 11.4. The maximum Gasteiger partial charge on any atom is 0.229 e. The molecule has 2 heterocycles. The van der Waals surface area contributed by atoms with E-state index in [4.69, 9.17) is 11.6 Å². The normalized spacial score (nSPS) is 16.9. The molecule has 5 heteroatoms. The number of hydrogen-bond acceptors (Lipinski definition) is 3. The molecular formula is C15H14ClN3O. The summed E-state index contributed by atoms with van der Waals surface area (Å²) in [5, 5.41) is 6.54. The third-order valence-electron chi connectivity index (χ3n) is 3.39. The van der Waals surface area contributed by atoms with E-state index in [9.17, 15) is 4.79 Å². The van der Waals surface area contributed by atoms with Crippen molar-refractivity contribution in [3.63, 3.8) is 0 Å². The lowest BCUT2D eigenvalue weighted by Gasteiger charge is -2.25. The number of benzene rings is 1. The second kappa shape index (κ2) is 5.51. The first-order valence-electron chi connectivity index (χ1n) is 6.46. The van der Waals surface area contributed by atoms with Gasteiger partial charge in [-0.05, 0) is 30.2 Å². The lowest BCUT2D eigenvalue weighted by atomic mass is 9.93. The Morgan fingerprint density at radius 2 is 2.20 bits per heavy atom. The highest BCUT2D eigenvalue weighted by Gasteiger charge is 2.24. The van der Waals surface area contributed by atoms with E-state index in [1.807, 2.05) is 24.3 Å². The van der Waals surface area contributed by atoms with Crippen molar-refractivity contribution in [3.05, 3.63) is 53.3 Å². The van der Waals surface area contributed by atoms with Gasteiger partial charge in [0.25, 0.3) is 0 Å². The maximum absolute atomic E-state index is 12.3. The Hall–Kier alpha value is -2.07.